The van der Waals surface area contributed by atoms with Crippen molar-refractivity contribution in [2.24, 2.45) is 0 Å². The molecule has 1 aromatic rings. The Balaban J connectivity index is 2.39. The van der Waals surface area contributed by atoms with E-state index in [0.29, 0.717) is 5.56 Å². The molecule has 0 atom stereocenters. The van der Waals surface area contributed by atoms with Gasteiger partial charge in [-0.2, -0.15) is 5.26 Å². The number of nitrogens with zero attached hydrogens (tertiary/aromatic N) is 1. The molecule has 0 amide bonds. The van der Waals surface area contributed by atoms with Crippen molar-refractivity contribution in [2.45, 2.75) is 37.1 Å². The summed E-state index contributed by atoms with van der Waals surface area (Å²) in [6.07, 6.45) is 2.83. The van der Waals surface area contributed by atoms with Crippen molar-refractivity contribution in [1.29, 1.82) is 5.26 Å². The molecule has 1 saturated carbocycles. The van der Waals surface area contributed by atoms with E-state index in [1.807, 2.05) is 6.07 Å². The minimum atomic E-state index is -3.56. The van der Waals surface area contributed by atoms with E-state index in [2.05, 4.69) is 4.72 Å². The van der Waals surface area contributed by atoms with Crippen LogP contribution >= 0.6 is 0 Å². The van der Waals surface area contributed by atoms with E-state index >= 15 is 0 Å². The zero-order chi connectivity index (χ0) is 12.5. The van der Waals surface area contributed by atoms with Gasteiger partial charge < -0.3 is 0 Å². The number of nitrogens with one attached hydrogen (secondary N) is 1. The monoisotopic (exact) mass is 250 g/mol. The minimum absolute atomic E-state index is 0.0343. The molecule has 1 N–H and O–H groups in total. The summed E-state index contributed by atoms with van der Waals surface area (Å²) in [7, 11) is -3.56. The van der Waals surface area contributed by atoms with Crippen LogP contribution in [0.1, 0.15) is 30.4 Å². The summed E-state index contributed by atoms with van der Waals surface area (Å²) in [4.78, 5) is 0.0897. The first-order chi connectivity index (χ1) is 8.04. The highest BCUT2D eigenvalue weighted by Gasteiger charge is 2.26. The summed E-state index contributed by atoms with van der Waals surface area (Å²) >= 11 is 0. The van der Waals surface area contributed by atoms with Crippen LogP contribution in [0.5, 0.6) is 0 Å². The molecule has 1 aromatic carbocycles. The van der Waals surface area contributed by atoms with Gasteiger partial charge in [-0.3, -0.25) is 0 Å². The summed E-state index contributed by atoms with van der Waals surface area (Å²) in [5.74, 6) is 0. The summed E-state index contributed by atoms with van der Waals surface area (Å²) in [5.41, 5.74) is 0.920. The van der Waals surface area contributed by atoms with E-state index in [9.17, 15) is 8.42 Å². The molecule has 1 aliphatic rings. The fourth-order valence-electron chi connectivity index (χ4n) is 1.82. The second-order valence-corrected chi connectivity index (χ2v) is 5.99. The molecule has 0 unspecified atom stereocenters. The lowest BCUT2D eigenvalue weighted by Gasteiger charge is -2.26. The lowest BCUT2D eigenvalue weighted by molar-refractivity contribution is 0.383. The second kappa shape index (κ2) is 4.47. The topological polar surface area (TPSA) is 70.0 Å². The Kier molecular flexibility index (Phi) is 3.18. The van der Waals surface area contributed by atoms with Gasteiger partial charge in [-0.25, -0.2) is 13.1 Å². The molecule has 1 fully saturated rings. The second-order valence-electron chi connectivity index (χ2n) is 4.31. The number of hydrogen-bond acceptors (Lipinski definition) is 3. The highest BCUT2D eigenvalue weighted by atomic mass is 32.2. The number of hydrogen-bond donors (Lipinski definition) is 1. The zero-order valence-electron chi connectivity index (χ0n) is 9.60. The quantitative estimate of drug-likeness (QED) is 0.887. The van der Waals surface area contributed by atoms with Gasteiger partial charge in [0.25, 0.3) is 0 Å². The van der Waals surface area contributed by atoms with Crippen LogP contribution in [0.2, 0.25) is 0 Å². The molecule has 0 radical (unpaired) electrons. The highest BCUT2D eigenvalue weighted by Crippen LogP contribution is 2.23. The van der Waals surface area contributed by atoms with E-state index in [1.54, 1.807) is 19.1 Å². The third-order valence-corrected chi connectivity index (χ3v) is 4.63. The molecule has 1 aliphatic carbocycles. The van der Waals surface area contributed by atoms with Crippen LogP contribution in [0.4, 0.5) is 0 Å². The van der Waals surface area contributed by atoms with Gasteiger partial charge in [-0.1, -0.05) is 18.6 Å². The van der Waals surface area contributed by atoms with Gasteiger partial charge in [0.1, 0.15) is 11.0 Å². The third-order valence-electron chi connectivity index (χ3n) is 3.06. The van der Waals surface area contributed by atoms with E-state index in [-0.39, 0.29) is 16.5 Å². The molecule has 0 aliphatic heterocycles. The maximum Gasteiger partial charge on any atom is 0.242 e. The third kappa shape index (κ3) is 2.33. The Hall–Kier alpha value is -1.38. The van der Waals surface area contributed by atoms with Crippen molar-refractivity contribution in [3.05, 3.63) is 29.3 Å². The SMILES string of the molecule is Cc1cccc(S(=O)(=O)NC2CCC2)c1C#N. The smallest absolute Gasteiger partial charge is 0.208 e. The van der Waals surface area contributed by atoms with Gasteiger partial charge in [0.15, 0.2) is 0 Å². The Morgan fingerprint density at radius 1 is 1.41 bits per heavy atom. The van der Waals surface area contributed by atoms with Crippen molar-refractivity contribution in [2.75, 3.05) is 0 Å². The summed E-state index contributed by atoms with van der Waals surface area (Å²) in [6, 6.07) is 6.87. The highest BCUT2D eigenvalue weighted by molar-refractivity contribution is 7.89. The maximum atomic E-state index is 12.1. The van der Waals surface area contributed by atoms with Gasteiger partial charge in [-0.05, 0) is 31.4 Å². The summed E-state index contributed by atoms with van der Waals surface area (Å²) in [5, 5.41) is 9.03. The summed E-state index contributed by atoms with van der Waals surface area (Å²) in [6.45, 7) is 1.74. The van der Waals surface area contributed by atoms with E-state index in [4.69, 9.17) is 5.26 Å². The molecule has 0 spiro atoms. The van der Waals surface area contributed by atoms with Crippen molar-refractivity contribution in [3.63, 3.8) is 0 Å². The molecule has 2 rings (SSSR count). The van der Waals surface area contributed by atoms with Crippen molar-refractivity contribution < 1.29 is 8.42 Å². The molecule has 90 valence electrons. The van der Waals surface area contributed by atoms with Gasteiger partial charge >= 0.3 is 0 Å². The van der Waals surface area contributed by atoms with E-state index in [0.717, 1.165) is 19.3 Å². The Bertz CT molecular complexity index is 569. The Morgan fingerprint density at radius 3 is 2.65 bits per heavy atom. The van der Waals surface area contributed by atoms with Gasteiger partial charge in [-0.15, -0.1) is 0 Å². The molecular formula is C12H14N2O2S. The van der Waals surface area contributed by atoms with E-state index in [1.165, 1.54) is 6.07 Å². The number of nitriles is 1. The van der Waals surface area contributed by atoms with Gasteiger partial charge in [0.2, 0.25) is 10.0 Å². The molecule has 17 heavy (non-hydrogen) atoms. The average molecular weight is 250 g/mol. The lowest BCUT2D eigenvalue weighted by Crippen LogP contribution is -2.39. The first-order valence-electron chi connectivity index (χ1n) is 5.56. The zero-order valence-corrected chi connectivity index (χ0v) is 10.4. The lowest BCUT2D eigenvalue weighted by atomic mass is 9.94. The van der Waals surface area contributed by atoms with Gasteiger partial charge in [0, 0.05) is 6.04 Å². The van der Waals surface area contributed by atoms with Crippen LogP contribution in [0.25, 0.3) is 0 Å². The van der Waals surface area contributed by atoms with Crippen LogP contribution in [0.15, 0.2) is 23.1 Å². The van der Waals surface area contributed by atoms with E-state index < -0.39 is 10.0 Å². The molecule has 0 aromatic heterocycles. The molecule has 0 bridgehead atoms. The number of benzene rings is 1. The van der Waals surface area contributed by atoms with Crippen LogP contribution in [0, 0.1) is 18.3 Å². The van der Waals surface area contributed by atoms with Crippen molar-refractivity contribution in [3.8, 4) is 6.07 Å². The fourth-order valence-corrected chi connectivity index (χ4v) is 3.35. The number of rotatable bonds is 3. The Morgan fingerprint density at radius 2 is 2.12 bits per heavy atom. The molecule has 0 saturated heterocycles. The predicted octanol–water partition coefficient (Wildman–Crippen LogP) is 1.70. The van der Waals surface area contributed by atoms with Crippen LogP contribution in [-0.2, 0) is 10.0 Å². The average Bonchev–Trinajstić information content (AvgIpc) is 2.23. The molecule has 0 heterocycles. The number of aryl methyl sites for hydroxylation is 1. The maximum absolute atomic E-state index is 12.1. The van der Waals surface area contributed by atoms with Crippen LogP contribution < -0.4 is 4.72 Å². The van der Waals surface area contributed by atoms with Crippen molar-refractivity contribution >= 4 is 10.0 Å². The summed E-state index contributed by atoms with van der Waals surface area (Å²) < 4.78 is 26.8. The Labute approximate surface area is 101 Å². The number of sulfonamides is 1. The molecule has 4 nitrogen and oxygen atoms in total. The first-order valence-corrected chi connectivity index (χ1v) is 7.05. The fraction of sp³-hybridized carbons (Fsp3) is 0.417. The molecular weight excluding hydrogens is 236 g/mol. The predicted molar refractivity (Wildman–Crippen MR) is 63.9 cm³/mol. The van der Waals surface area contributed by atoms with Gasteiger partial charge in [0.05, 0.1) is 5.56 Å². The van der Waals surface area contributed by atoms with Crippen LogP contribution in [-0.4, -0.2) is 14.5 Å². The minimum Gasteiger partial charge on any atom is -0.208 e. The molecule has 5 heteroatoms. The first kappa shape index (κ1) is 12.1. The van der Waals surface area contributed by atoms with Crippen LogP contribution in [0.3, 0.4) is 0 Å². The van der Waals surface area contributed by atoms with Crippen molar-refractivity contribution in [1.82, 2.24) is 4.72 Å². The normalized spacial score (nSPS) is 16.2. The standard InChI is InChI=1S/C12H14N2O2S/c1-9-4-2-7-12(11(9)8-13)17(15,16)14-10-5-3-6-10/h2,4,7,10,14H,3,5-6H2,1H3. The largest absolute Gasteiger partial charge is 0.242 e.